The van der Waals surface area contributed by atoms with E-state index in [1.54, 1.807) is 0 Å². The zero-order valence-corrected chi connectivity index (χ0v) is 20.0. The fourth-order valence-electron chi connectivity index (χ4n) is 5.52. The van der Waals surface area contributed by atoms with Gasteiger partial charge in [-0.2, -0.15) is 0 Å². The van der Waals surface area contributed by atoms with Crippen molar-refractivity contribution in [2.24, 2.45) is 0 Å². The minimum Gasteiger partial charge on any atom is -0.443 e. The van der Waals surface area contributed by atoms with Crippen LogP contribution in [0.15, 0.2) is 24.3 Å². The number of rotatable bonds is 2. The van der Waals surface area contributed by atoms with Crippen molar-refractivity contribution in [3.05, 3.63) is 24.3 Å². The van der Waals surface area contributed by atoms with E-state index in [2.05, 4.69) is 4.90 Å². The van der Waals surface area contributed by atoms with E-state index in [0.29, 0.717) is 6.04 Å². The molecule has 176 valence electrons. The van der Waals surface area contributed by atoms with Gasteiger partial charge in [-0.3, -0.25) is 9.69 Å². The predicted molar refractivity (Wildman–Crippen MR) is 128 cm³/mol. The molecule has 4 rings (SSSR count). The number of para-hydroxylation sites is 2. The first-order valence-electron chi connectivity index (χ1n) is 12.5. The van der Waals surface area contributed by atoms with Crippen molar-refractivity contribution in [3.63, 3.8) is 0 Å². The fourth-order valence-corrected chi connectivity index (χ4v) is 5.52. The van der Waals surface area contributed by atoms with Gasteiger partial charge in [0.1, 0.15) is 12.1 Å². The lowest BCUT2D eigenvalue weighted by Crippen LogP contribution is -2.55. The molecule has 2 heterocycles. The van der Waals surface area contributed by atoms with Crippen LogP contribution in [0.25, 0.3) is 0 Å². The monoisotopic (exact) mass is 441 g/mol. The molecule has 0 radical (unpaired) electrons. The number of amides is 2. The van der Waals surface area contributed by atoms with Crippen molar-refractivity contribution in [2.75, 3.05) is 29.4 Å². The molecule has 0 bridgehead atoms. The Hall–Kier alpha value is -2.08. The van der Waals surface area contributed by atoms with Gasteiger partial charge in [-0.25, -0.2) is 4.79 Å². The number of piperidine rings is 1. The molecule has 0 aromatic heterocycles. The first-order valence-corrected chi connectivity index (χ1v) is 12.5. The summed E-state index contributed by atoms with van der Waals surface area (Å²) in [6.45, 7) is 7.68. The van der Waals surface area contributed by atoms with Gasteiger partial charge in [-0.15, -0.1) is 0 Å². The van der Waals surface area contributed by atoms with E-state index < -0.39 is 11.7 Å². The molecule has 0 N–H and O–H groups in total. The van der Waals surface area contributed by atoms with Gasteiger partial charge in [-0.1, -0.05) is 44.2 Å². The molecule has 6 heteroatoms. The molecule has 32 heavy (non-hydrogen) atoms. The van der Waals surface area contributed by atoms with Crippen molar-refractivity contribution < 1.29 is 14.3 Å². The molecule has 0 atom stereocenters. The molecule has 1 aromatic carbocycles. The molecule has 0 spiro atoms. The molecule has 2 amide bonds. The van der Waals surface area contributed by atoms with Gasteiger partial charge in [0.15, 0.2) is 0 Å². The summed E-state index contributed by atoms with van der Waals surface area (Å²) in [5.41, 5.74) is 0.999. The molecule has 0 unspecified atom stereocenters. The summed E-state index contributed by atoms with van der Waals surface area (Å²) in [7, 11) is 0. The number of hydrogen-bond acceptors (Lipinski definition) is 4. The second kappa shape index (κ2) is 9.82. The van der Waals surface area contributed by atoms with Crippen LogP contribution in [0.5, 0.6) is 0 Å². The van der Waals surface area contributed by atoms with Crippen molar-refractivity contribution >= 4 is 23.4 Å². The van der Waals surface area contributed by atoms with Gasteiger partial charge in [-0.05, 0) is 58.6 Å². The van der Waals surface area contributed by atoms with Gasteiger partial charge in [0.05, 0.1) is 11.4 Å². The van der Waals surface area contributed by atoms with E-state index in [1.165, 1.54) is 49.8 Å². The molecular weight excluding hydrogens is 402 g/mol. The van der Waals surface area contributed by atoms with Crippen molar-refractivity contribution in [1.29, 1.82) is 0 Å². The number of fused-ring (bicyclic) bond motifs is 1. The highest BCUT2D eigenvalue weighted by molar-refractivity contribution is 6.10. The molecular formula is C26H39N3O3. The van der Waals surface area contributed by atoms with Crippen LogP contribution < -0.4 is 9.80 Å². The average molecular weight is 442 g/mol. The maximum Gasteiger partial charge on any atom is 0.415 e. The molecule has 3 aliphatic rings. The quantitative estimate of drug-likeness (QED) is 0.621. The number of carbonyl (C=O) groups is 2. The SMILES string of the molecule is CC(C)(C)OC(=O)N1CC(=O)N(C2CCN(C3CCCCCCC3)CC2)c2ccccc21. The number of hydrogen-bond donors (Lipinski definition) is 0. The summed E-state index contributed by atoms with van der Waals surface area (Å²) in [6.07, 6.45) is 11.0. The molecule has 6 nitrogen and oxygen atoms in total. The van der Waals surface area contributed by atoms with Crippen LogP contribution in [0.1, 0.15) is 78.6 Å². The Bertz CT molecular complexity index is 803. The topological polar surface area (TPSA) is 53.1 Å². The van der Waals surface area contributed by atoms with Crippen LogP contribution in [0, 0.1) is 0 Å². The van der Waals surface area contributed by atoms with Crippen LogP contribution in [0.2, 0.25) is 0 Å². The standard InChI is InChI=1S/C26H39N3O3/c1-26(2,3)32-25(31)28-19-24(30)29(23-14-10-9-13-22(23)28)21-15-17-27(18-16-21)20-11-7-5-4-6-8-12-20/h9-10,13-14,20-21H,4-8,11-12,15-19H2,1-3H3. The lowest BCUT2D eigenvalue weighted by molar-refractivity contribution is -0.118. The minimum atomic E-state index is -0.601. The molecule has 1 saturated heterocycles. The normalized spacial score (nSPS) is 22.3. The molecule has 1 aromatic rings. The van der Waals surface area contributed by atoms with Crippen molar-refractivity contribution in [1.82, 2.24) is 4.90 Å². The lowest BCUT2D eigenvalue weighted by Gasteiger charge is -2.45. The fraction of sp³-hybridized carbons (Fsp3) is 0.692. The summed E-state index contributed by atoms with van der Waals surface area (Å²) < 4.78 is 5.57. The second-order valence-electron chi connectivity index (χ2n) is 10.6. The van der Waals surface area contributed by atoms with E-state index in [1.807, 2.05) is 49.9 Å². The largest absolute Gasteiger partial charge is 0.443 e. The van der Waals surface area contributed by atoms with Crippen LogP contribution in [-0.4, -0.2) is 54.2 Å². The smallest absolute Gasteiger partial charge is 0.415 e. The first kappa shape index (κ1) is 23.1. The van der Waals surface area contributed by atoms with Crippen LogP contribution in [0.4, 0.5) is 16.2 Å². The number of ether oxygens (including phenoxy) is 1. The summed E-state index contributed by atoms with van der Waals surface area (Å²) in [6, 6.07) is 8.65. The summed E-state index contributed by atoms with van der Waals surface area (Å²) in [4.78, 5) is 32.2. The van der Waals surface area contributed by atoms with E-state index in [0.717, 1.165) is 37.3 Å². The summed E-state index contributed by atoms with van der Waals surface area (Å²) in [5, 5.41) is 0. The Labute approximate surface area is 192 Å². The third-order valence-electron chi connectivity index (χ3n) is 7.06. The first-order chi connectivity index (χ1) is 15.3. The highest BCUT2D eigenvalue weighted by atomic mass is 16.6. The average Bonchev–Trinajstić information content (AvgIpc) is 2.72. The molecule has 2 aliphatic heterocycles. The minimum absolute atomic E-state index is 0.0148. The molecule has 2 fully saturated rings. The highest BCUT2D eigenvalue weighted by Crippen LogP contribution is 2.38. The highest BCUT2D eigenvalue weighted by Gasteiger charge is 2.39. The van der Waals surface area contributed by atoms with Gasteiger partial charge in [0.2, 0.25) is 5.91 Å². The lowest BCUT2D eigenvalue weighted by atomic mass is 9.92. The Morgan fingerprint density at radius 1 is 0.875 bits per heavy atom. The zero-order valence-electron chi connectivity index (χ0n) is 20.0. The van der Waals surface area contributed by atoms with Crippen LogP contribution >= 0.6 is 0 Å². The zero-order chi connectivity index (χ0) is 22.7. The summed E-state index contributed by atoms with van der Waals surface area (Å²) >= 11 is 0. The van der Waals surface area contributed by atoms with E-state index in [4.69, 9.17) is 4.74 Å². The number of likely N-dealkylation sites (tertiary alicyclic amines) is 1. The van der Waals surface area contributed by atoms with E-state index in [-0.39, 0.29) is 18.5 Å². The predicted octanol–water partition coefficient (Wildman–Crippen LogP) is 5.35. The van der Waals surface area contributed by atoms with E-state index >= 15 is 0 Å². The maximum atomic E-state index is 13.3. The van der Waals surface area contributed by atoms with Crippen LogP contribution in [-0.2, 0) is 9.53 Å². The van der Waals surface area contributed by atoms with Crippen molar-refractivity contribution in [3.8, 4) is 0 Å². The number of benzene rings is 1. The Morgan fingerprint density at radius 2 is 1.47 bits per heavy atom. The Kier molecular flexibility index (Phi) is 7.08. The van der Waals surface area contributed by atoms with Gasteiger partial charge < -0.3 is 14.5 Å². The molecule has 1 saturated carbocycles. The van der Waals surface area contributed by atoms with Crippen molar-refractivity contribution in [2.45, 2.75) is 96.2 Å². The van der Waals surface area contributed by atoms with Gasteiger partial charge in [0.25, 0.3) is 0 Å². The number of carbonyl (C=O) groups excluding carboxylic acids is 2. The maximum absolute atomic E-state index is 13.3. The summed E-state index contributed by atoms with van der Waals surface area (Å²) in [5.74, 6) is -0.0148. The van der Waals surface area contributed by atoms with Crippen LogP contribution in [0.3, 0.4) is 0 Å². The van der Waals surface area contributed by atoms with Gasteiger partial charge >= 0.3 is 6.09 Å². The Balaban J connectivity index is 1.46. The second-order valence-corrected chi connectivity index (χ2v) is 10.6. The number of nitrogens with zero attached hydrogens (tertiary/aromatic N) is 3. The third kappa shape index (κ3) is 5.28. The third-order valence-corrected chi connectivity index (χ3v) is 7.06. The number of anilines is 2. The Morgan fingerprint density at radius 3 is 2.09 bits per heavy atom. The van der Waals surface area contributed by atoms with Gasteiger partial charge in [0, 0.05) is 25.2 Å². The van der Waals surface area contributed by atoms with E-state index in [9.17, 15) is 9.59 Å². The molecule has 1 aliphatic carbocycles.